The summed E-state index contributed by atoms with van der Waals surface area (Å²) in [4.78, 5) is 17.4. The first-order chi connectivity index (χ1) is 13.7. The molecule has 164 valence electrons. The van der Waals surface area contributed by atoms with Gasteiger partial charge in [0.05, 0.1) is 6.54 Å². The first kappa shape index (κ1) is 24.7. The Labute approximate surface area is 192 Å². The van der Waals surface area contributed by atoms with Crippen LogP contribution in [0.1, 0.15) is 30.4 Å². The van der Waals surface area contributed by atoms with E-state index in [-0.39, 0.29) is 30.7 Å². The van der Waals surface area contributed by atoms with Crippen molar-refractivity contribution >= 4 is 30.7 Å². The van der Waals surface area contributed by atoms with Crippen LogP contribution in [0.2, 0.25) is 0 Å². The topological polar surface area (TPSA) is 35.6 Å². The van der Waals surface area contributed by atoms with Gasteiger partial charge in [-0.1, -0.05) is 60.7 Å². The smallest absolute Gasteiger partial charge is 0.236 e. The molecular formula is C24H33Cl2N3O. The van der Waals surface area contributed by atoms with Gasteiger partial charge in [0.2, 0.25) is 5.91 Å². The van der Waals surface area contributed by atoms with E-state index in [2.05, 4.69) is 63.6 Å². The van der Waals surface area contributed by atoms with Crippen molar-refractivity contribution in [2.75, 3.05) is 32.7 Å². The molecule has 30 heavy (non-hydrogen) atoms. The van der Waals surface area contributed by atoms with Crippen LogP contribution in [0, 0.1) is 5.41 Å². The van der Waals surface area contributed by atoms with Gasteiger partial charge < -0.3 is 10.2 Å². The summed E-state index contributed by atoms with van der Waals surface area (Å²) in [6, 6.07) is 20.9. The highest BCUT2D eigenvalue weighted by Crippen LogP contribution is 2.36. The summed E-state index contributed by atoms with van der Waals surface area (Å²) in [6.07, 6.45) is 3.55. The maximum absolute atomic E-state index is 13.1. The average Bonchev–Trinajstić information content (AvgIpc) is 3.18. The van der Waals surface area contributed by atoms with E-state index in [1.807, 2.05) is 12.1 Å². The third-order valence-corrected chi connectivity index (χ3v) is 6.37. The molecule has 0 saturated carbocycles. The van der Waals surface area contributed by atoms with Crippen LogP contribution >= 0.6 is 24.8 Å². The van der Waals surface area contributed by atoms with Crippen LogP contribution in [0.5, 0.6) is 0 Å². The number of carbonyl (C=O) groups is 1. The van der Waals surface area contributed by atoms with Crippen molar-refractivity contribution in [3.05, 3.63) is 71.8 Å². The molecule has 6 heteroatoms. The van der Waals surface area contributed by atoms with Gasteiger partial charge in [-0.3, -0.25) is 9.69 Å². The number of rotatable bonds is 6. The first-order valence-corrected chi connectivity index (χ1v) is 10.5. The maximum atomic E-state index is 13.1. The highest BCUT2D eigenvalue weighted by atomic mass is 35.5. The minimum atomic E-state index is 0. The highest BCUT2D eigenvalue weighted by Gasteiger charge is 2.38. The van der Waals surface area contributed by atoms with Gasteiger partial charge in [0, 0.05) is 32.7 Å². The number of hydrogen-bond donors (Lipinski definition) is 1. The third-order valence-electron chi connectivity index (χ3n) is 6.37. The average molecular weight is 450 g/mol. The molecule has 2 aromatic carbocycles. The van der Waals surface area contributed by atoms with Gasteiger partial charge in [0.1, 0.15) is 0 Å². The molecule has 2 heterocycles. The molecule has 1 N–H and O–H groups in total. The van der Waals surface area contributed by atoms with Crippen molar-refractivity contribution in [3.8, 4) is 0 Å². The Morgan fingerprint density at radius 2 is 1.40 bits per heavy atom. The quantitative estimate of drug-likeness (QED) is 0.719. The summed E-state index contributed by atoms with van der Waals surface area (Å²) >= 11 is 0. The van der Waals surface area contributed by atoms with Crippen molar-refractivity contribution in [1.82, 2.24) is 15.1 Å². The van der Waals surface area contributed by atoms with Gasteiger partial charge in [-0.15, -0.1) is 24.8 Å². The lowest BCUT2D eigenvalue weighted by Crippen LogP contribution is -2.47. The number of piperidine rings is 1. The zero-order valence-electron chi connectivity index (χ0n) is 17.5. The monoisotopic (exact) mass is 449 g/mol. The fourth-order valence-corrected chi connectivity index (χ4v) is 4.59. The van der Waals surface area contributed by atoms with Crippen LogP contribution in [0.3, 0.4) is 0 Å². The fourth-order valence-electron chi connectivity index (χ4n) is 4.59. The molecule has 0 radical (unpaired) electrons. The second-order valence-electron chi connectivity index (χ2n) is 8.42. The number of nitrogens with zero attached hydrogens (tertiary/aromatic N) is 2. The summed E-state index contributed by atoms with van der Waals surface area (Å²) in [5.41, 5.74) is 2.95. The molecule has 0 aliphatic carbocycles. The van der Waals surface area contributed by atoms with E-state index >= 15 is 0 Å². The zero-order valence-corrected chi connectivity index (χ0v) is 19.1. The molecular weight excluding hydrogens is 417 g/mol. The van der Waals surface area contributed by atoms with Crippen molar-refractivity contribution in [2.45, 2.75) is 32.4 Å². The Morgan fingerprint density at radius 1 is 0.867 bits per heavy atom. The minimum absolute atomic E-state index is 0. The SMILES string of the molecule is Cl.Cl.O=C(CN(Cc1ccccc1)Cc1ccccc1)N1CCC2(CCNC2)CC1. The number of carbonyl (C=O) groups excluding carboxylic acids is 1. The van der Waals surface area contributed by atoms with E-state index in [9.17, 15) is 4.79 Å². The molecule has 0 bridgehead atoms. The predicted molar refractivity (Wildman–Crippen MR) is 127 cm³/mol. The van der Waals surface area contributed by atoms with E-state index in [0.717, 1.165) is 52.1 Å². The number of nitrogens with one attached hydrogen (secondary N) is 1. The Balaban J connectivity index is 0.00000160. The van der Waals surface area contributed by atoms with Gasteiger partial charge >= 0.3 is 0 Å². The van der Waals surface area contributed by atoms with Crippen molar-refractivity contribution in [1.29, 1.82) is 0 Å². The van der Waals surface area contributed by atoms with E-state index in [1.165, 1.54) is 17.5 Å². The summed E-state index contributed by atoms with van der Waals surface area (Å²) < 4.78 is 0. The molecule has 1 amide bonds. The fraction of sp³-hybridized carbons (Fsp3) is 0.458. The van der Waals surface area contributed by atoms with Gasteiger partial charge in [-0.05, 0) is 42.3 Å². The normalized spacial score (nSPS) is 17.4. The largest absolute Gasteiger partial charge is 0.342 e. The summed E-state index contributed by atoms with van der Waals surface area (Å²) in [5.74, 6) is 0.271. The summed E-state index contributed by atoms with van der Waals surface area (Å²) in [6.45, 7) is 6.15. The standard InChI is InChI=1S/C24H31N3O.2ClH/c28-23(27-15-12-24(13-16-27)11-14-25-20-24)19-26(17-21-7-3-1-4-8-21)18-22-9-5-2-6-10-22;;/h1-10,25H,11-20H2;2*1H. The number of amides is 1. The Kier molecular flexibility index (Phi) is 9.63. The molecule has 2 aromatic rings. The molecule has 0 atom stereocenters. The second-order valence-corrected chi connectivity index (χ2v) is 8.42. The van der Waals surface area contributed by atoms with E-state index < -0.39 is 0 Å². The van der Waals surface area contributed by atoms with Crippen LogP contribution in [-0.4, -0.2) is 48.4 Å². The lowest BCUT2D eigenvalue weighted by Gasteiger charge is -2.39. The van der Waals surface area contributed by atoms with Gasteiger partial charge in [0.15, 0.2) is 0 Å². The van der Waals surface area contributed by atoms with Crippen LogP contribution in [0.25, 0.3) is 0 Å². The third kappa shape index (κ3) is 6.45. The van der Waals surface area contributed by atoms with Crippen LogP contribution in [0.4, 0.5) is 0 Å². The highest BCUT2D eigenvalue weighted by molar-refractivity contribution is 5.85. The van der Waals surface area contributed by atoms with Crippen LogP contribution < -0.4 is 5.32 Å². The lowest BCUT2D eigenvalue weighted by molar-refractivity contribution is -0.134. The Bertz CT molecular complexity index is 715. The van der Waals surface area contributed by atoms with Crippen molar-refractivity contribution in [2.24, 2.45) is 5.41 Å². The first-order valence-electron chi connectivity index (χ1n) is 10.5. The molecule has 4 nitrogen and oxygen atoms in total. The van der Waals surface area contributed by atoms with Crippen molar-refractivity contribution in [3.63, 3.8) is 0 Å². The lowest BCUT2D eigenvalue weighted by atomic mass is 9.78. The van der Waals surface area contributed by atoms with Crippen LogP contribution in [-0.2, 0) is 17.9 Å². The van der Waals surface area contributed by atoms with Crippen molar-refractivity contribution < 1.29 is 4.79 Å². The zero-order chi connectivity index (χ0) is 19.2. The number of hydrogen-bond acceptors (Lipinski definition) is 3. The molecule has 0 unspecified atom stereocenters. The van der Waals surface area contributed by atoms with Crippen LogP contribution in [0.15, 0.2) is 60.7 Å². The Hall–Kier alpha value is -1.59. The van der Waals surface area contributed by atoms with Gasteiger partial charge in [-0.25, -0.2) is 0 Å². The van der Waals surface area contributed by atoms with Gasteiger partial charge in [0.25, 0.3) is 0 Å². The molecule has 2 saturated heterocycles. The minimum Gasteiger partial charge on any atom is -0.342 e. The maximum Gasteiger partial charge on any atom is 0.236 e. The molecule has 2 aliphatic heterocycles. The Morgan fingerprint density at radius 3 is 1.87 bits per heavy atom. The summed E-state index contributed by atoms with van der Waals surface area (Å²) in [7, 11) is 0. The van der Waals surface area contributed by atoms with E-state index in [0.29, 0.717) is 12.0 Å². The van der Waals surface area contributed by atoms with Gasteiger partial charge in [-0.2, -0.15) is 0 Å². The number of halogens is 2. The number of likely N-dealkylation sites (tertiary alicyclic amines) is 1. The molecule has 1 spiro atoms. The predicted octanol–water partition coefficient (Wildman–Crippen LogP) is 4.13. The van der Waals surface area contributed by atoms with E-state index in [1.54, 1.807) is 0 Å². The molecule has 4 rings (SSSR count). The molecule has 2 aliphatic rings. The molecule has 0 aromatic heterocycles. The van der Waals surface area contributed by atoms with E-state index in [4.69, 9.17) is 0 Å². The number of benzene rings is 2. The molecule has 2 fully saturated rings. The second kappa shape index (κ2) is 11.7. The summed E-state index contributed by atoms with van der Waals surface area (Å²) in [5, 5.41) is 3.50.